The Morgan fingerprint density at radius 1 is 1.11 bits per heavy atom. The zero-order valence-electron chi connectivity index (χ0n) is 14.8. The van der Waals surface area contributed by atoms with E-state index < -0.39 is 29.5 Å². The summed E-state index contributed by atoms with van der Waals surface area (Å²) in [6, 6.07) is 12.3. The van der Waals surface area contributed by atoms with E-state index in [0.717, 1.165) is 6.07 Å². The zero-order valence-corrected chi connectivity index (χ0v) is 14.8. The number of anilines is 1. The molecule has 0 aliphatic heterocycles. The molecule has 6 nitrogen and oxygen atoms in total. The van der Waals surface area contributed by atoms with Crippen molar-refractivity contribution in [1.29, 1.82) is 5.26 Å². The topological polar surface area (TPSA) is 99.4 Å². The highest BCUT2D eigenvalue weighted by molar-refractivity contribution is 5.95. The minimum absolute atomic E-state index is 0.0929. The van der Waals surface area contributed by atoms with Gasteiger partial charge >= 0.3 is 5.97 Å². The van der Waals surface area contributed by atoms with Crippen LogP contribution in [0.4, 0.5) is 10.1 Å². The molecule has 0 fully saturated rings. The molecule has 1 aliphatic carbocycles. The van der Waals surface area contributed by atoms with Gasteiger partial charge in [-0.15, -0.1) is 0 Å². The molecule has 0 radical (unpaired) electrons. The van der Waals surface area contributed by atoms with Gasteiger partial charge in [-0.05, 0) is 37.1 Å². The maximum absolute atomic E-state index is 14.4. The summed E-state index contributed by atoms with van der Waals surface area (Å²) in [6.07, 6.45) is 4.12. The van der Waals surface area contributed by atoms with Crippen molar-refractivity contribution in [3.63, 3.8) is 0 Å². The van der Waals surface area contributed by atoms with Crippen molar-refractivity contribution in [2.45, 2.75) is 12.8 Å². The highest BCUT2D eigenvalue weighted by Crippen LogP contribution is 2.30. The molecule has 7 heteroatoms. The zero-order chi connectivity index (χ0) is 20.1. The Morgan fingerprint density at radius 2 is 1.82 bits per heavy atom. The first-order chi connectivity index (χ1) is 13.5. The van der Waals surface area contributed by atoms with E-state index >= 15 is 0 Å². The van der Waals surface area contributed by atoms with E-state index in [0.29, 0.717) is 6.42 Å². The van der Waals surface area contributed by atoms with E-state index in [2.05, 4.69) is 5.32 Å². The van der Waals surface area contributed by atoms with Crippen LogP contribution >= 0.6 is 0 Å². The molecule has 0 unspecified atom stereocenters. The van der Waals surface area contributed by atoms with Crippen LogP contribution in [0.3, 0.4) is 0 Å². The number of carbonyl (C=O) groups excluding carboxylic acids is 1. The Kier molecular flexibility index (Phi) is 5.70. The normalized spacial score (nSPS) is 18.1. The number of nitrogens with one attached hydrogen (secondary N) is 1. The maximum atomic E-state index is 14.4. The summed E-state index contributed by atoms with van der Waals surface area (Å²) in [5, 5.41) is 20.9. The number of hydrogen-bond donors (Lipinski definition) is 2. The fraction of sp³-hybridized carbons (Fsp3) is 0.190. The summed E-state index contributed by atoms with van der Waals surface area (Å²) in [5.74, 6) is -3.62. The maximum Gasteiger partial charge on any atom is 0.307 e. The average molecular weight is 380 g/mol. The summed E-state index contributed by atoms with van der Waals surface area (Å²) in [7, 11) is 0. The van der Waals surface area contributed by atoms with Crippen LogP contribution < -0.4 is 10.1 Å². The summed E-state index contributed by atoms with van der Waals surface area (Å²) in [5.41, 5.74) is 0.464. The van der Waals surface area contributed by atoms with Gasteiger partial charge in [-0.1, -0.05) is 24.3 Å². The third kappa shape index (κ3) is 4.18. The van der Waals surface area contributed by atoms with Crippen molar-refractivity contribution < 1.29 is 23.8 Å². The Labute approximate surface area is 160 Å². The number of carbonyl (C=O) groups is 2. The number of allylic oxidation sites excluding steroid dienone is 2. The number of halogens is 1. The number of rotatable bonds is 5. The van der Waals surface area contributed by atoms with Crippen molar-refractivity contribution in [2.24, 2.45) is 11.8 Å². The SMILES string of the molecule is N#Cc1ccccc1Oc1ccc(NC(=O)[C@H]2CC=CC[C@H]2C(=O)O)cc1F. The molecule has 0 heterocycles. The molecule has 2 aromatic rings. The number of carboxylic acids is 1. The van der Waals surface area contributed by atoms with Gasteiger partial charge in [0.1, 0.15) is 11.8 Å². The van der Waals surface area contributed by atoms with Gasteiger partial charge in [0.05, 0.1) is 17.4 Å². The number of nitriles is 1. The molecular weight excluding hydrogens is 363 g/mol. The highest BCUT2D eigenvalue weighted by atomic mass is 19.1. The lowest BCUT2D eigenvalue weighted by molar-refractivity contribution is -0.146. The lowest BCUT2D eigenvalue weighted by atomic mass is 9.82. The van der Waals surface area contributed by atoms with Crippen molar-refractivity contribution in [1.82, 2.24) is 0 Å². The Balaban J connectivity index is 1.74. The Bertz CT molecular complexity index is 981. The lowest BCUT2D eigenvalue weighted by Crippen LogP contribution is -2.34. The first kappa shape index (κ1) is 19.1. The fourth-order valence-corrected chi connectivity index (χ4v) is 3.04. The Hall–Kier alpha value is -3.66. The number of benzene rings is 2. The van der Waals surface area contributed by atoms with E-state index in [-0.39, 0.29) is 29.2 Å². The van der Waals surface area contributed by atoms with Crippen LogP contribution in [-0.2, 0) is 9.59 Å². The fourth-order valence-electron chi connectivity index (χ4n) is 3.04. The number of ether oxygens (including phenoxy) is 1. The van der Waals surface area contributed by atoms with Gasteiger partial charge in [-0.3, -0.25) is 9.59 Å². The average Bonchev–Trinajstić information content (AvgIpc) is 2.70. The molecule has 0 bridgehead atoms. The minimum Gasteiger partial charge on any atom is -0.481 e. The van der Waals surface area contributed by atoms with Gasteiger partial charge in [0, 0.05) is 11.8 Å². The third-order valence-corrected chi connectivity index (χ3v) is 4.51. The van der Waals surface area contributed by atoms with E-state index in [4.69, 9.17) is 10.00 Å². The van der Waals surface area contributed by atoms with E-state index in [9.17, 15) is 19.1 Å². The molecule has 2 atom stereocenters. The van der Waals surface area contributed by atoms with Gasteiger partial charge < -0.3 is 15.2 Å². The summed E-state index contributed by atoms with van der Waals surface area (Å²) >= 11 is 0. The van der Waals surface area contributed by atoms with Crippen LogP contribution in [-0.4, -0.2) is 17.0 Å². The molecule has 0 spiro atoms. The van der Waals surface area contributed by atoms with E-state index in [1.54, 1.807) is 36.4 Å². The first-order valence-corrected chi connectivity index (χ1v) is 8.65. The lowest BCUT2D eigenvalue weighted by Gasteiger charge is -2.24. The second-order valence-corrected chi connectivity index (χ2v) is 6.34. The molecule has 2 aromatic carbocycles. The number of amides is 1. The molecule has 0 aromatic heterocycles. The van der Waals surface area contributed by atoms with Crippen LogP contribution in [0, 0.1) is 29.0 Å². The molecular formula is C21H17FN2O4. The van der Waals surface area contributed by atoms with Crippen LogP contribution in [0.5, 0.6) is 11.5 Å². The summed E-state index contributed by atoms with van der Waals surface area (Å²) in [6.45, 7) is 0. The van der Waals surface area contributed by atoms with E-state index in [1.165, 1.54) is 12.1 Å². The predicted molar refractivity (Wildman–Crippen MR) is 99.3 cm³/mol. The number of para-hydroxylation sites is 1. The number of nitrogens with zero attached hydrogens (tertiary/aromatic N) is 1. The van der Waals surface area contributed by atoms with Crippen molar-refractivity contribution in [3.05, 3.63) is 66.0 Å². The minimum atomic E-state index is -1.03. The standard InChI is InChI=1S/C21H17FN2O4/c22-17-11-14(24-20(25)15-6-2-3-7-16(15)21(26)27)9-10-19(17)28-18-8-4-1-5-13(18)12-23/h1-5,8-11,15-16H,6-7H2,(H,24,25)(H,26,27)/t15-,16+/m0/s1. The Morgan fingerprint density at radius 3 is 2.50 bits per heavy atom. The van der Waals surface area contributed by atoms with Gasteiger partial charge in [0.25, 0.3) is 0 Å². The number of hydrogen-bond acceptors (Lipinski definition) is 4. The largest absolute Gasteiger partial charge is 0.481 e. The molecule has 28 heavy (non-hydrogen) atoms. The second-order valence-electron chi connectivity index (χ2n) is 6.34. The molecule has 1 amide bonds. The predicted octanol–water partition coefficient (Wildman–Crippen LogP) is 4.10. The third-order valence-electron chi connectivity index (χ3n) is 4.51. The van der Waals surface area contributed by atoms with Gasteiger partial charge in [-0.25, -0.2) is 4.39 Å². The van der Waals surface area contributed by atoms with Gasteiger partial charge in [0.15, 0.2) is 11.6 Å². The van der Waals surface area contributed by atoms with Gasteiger partial charge in [-0.2, -0.15) is 5.26 Å². The van der Waals surface area contributed by atoms with E-state index in [1.807, 2.05) is 6.07 Å². The molecule has 3 rings (SSSR count). The second kappa shape index (κ2) is 8.35. The monoisotopic (exact) mass is 380 g/mol. The first-order valence-electron chi connectivity index (χ1n) is 8.65. The highest BCUT2D eigenvalue weighted by Gasteiger charge is 2.34. The number of aliphatic carboxylic acids is 1. The van der Waals surface area contributed by atoms with Crippen molar-refractivity contribution in [3.8, 4) is 17.6 Å². The number of carboxylic acid groups (broad SMARTS) is 1. The molecule has 0 saturated heterocycles. The smallest absolute Gasteiger partial charge is 0.307 e. The quantitative estimate of drug-likeness (QED) is 0.761. The molecule has 0 saturated carbocycles. The van der Waals surface area contributed by atoms with Crippen LogP contribution in [0.25, 0.3) is 0 Å². The molecule has 1 aliphatic rings. The van der Waals surface area contributed by atoms with Gasteiger partial charge in [0.2, 0.25) is 5.91 Å². The molecule has 142 valence electrons. The van der Waals surface area contributed by atoms with Crippen LogP contribution in [0.15, 0.2) is 54.6 Å². The van der Waals surface area contributed by atoms with Crippen LogP contribution in [0.1, 0.15) is 18.4 Å². The summed E-state index contributed by atoms with van der Waals surface area (Å²) in [4.78, 5) is 23.8. The van der Waals surface area contributed by atoms with Crippen molar-refractivity contribution in [2.75, 3.05) is 5.32 Å². The summed E-state index contributed by atoms with van der Waals surface area (Å²) < 4.78 is 19.9. The molecule has 2 N–H and O–H groups in total. The van der Waals surface area contributed by atoms with Crippen molar-refractivity contribution >= 4 is 17.6 Å². The van der Waals surface area contributed by atoms with Crippen LogP contribution in [0.2, 0.25) is 0 Å².